The van der Waals surface area contributed by atoms with Crippen molar-refractivity contribution in [2.45, 2.75) is 128 Å². The van der Waals surface area contributed by atoms with Crippen molar-refractivity contribution in [3.8, 4) is 0 Å². The van der Waals surface area contributed by atoms with Crippen molar-refractivity contribution in [3.05, 3.63) is 0 Å². The van der Waals surface area contributed by atoms with Gasteiger partial charge in [0.2, 0.25) is 12.2 Å². The fourth-order valence-electron chi connectivity index (χ4n) is 4.94. The number of amides is 2. The van der Waals surface area contributed by atoms with E-state index in [0.29, 0.717) is 25.7 Å². The van der Waals surface area contributed by atoms with Crippen molar-refractivity contribution in [1.29, 1.82) is 0 Å². The summed E-state index contributed by atoms with van der Waals surface area (Å²) >= 11 is 0. The topological polar surface area (TPSA) is 163 Å². The highest BCUT2D eigenvalue weighted by Crippen LogP contribution is 2.23. The average molecular weight is 541 g/mol. The third-order valence-electron chi connectivity index (χ3n) is 6.53. The molecule has 4 atom stereocenters. The molecule has 0 heterocycles. The van der Waals surface area contributed by atoms with Crippen LogP contribution < -0.4 is 10.6 Å². The maximum Gasteiger partial charge on any atom is 0.303 e. The van der Waals surface area contributed by atoms with Gasteiger partial charge >= 0.3 is 23.9 Å². The highest BCUT2D eigenvalue weighted by molar-refractivity contribution is 5.87. The van der Waals surface area contributed by atoms with Crippen molar-refractivity contribution < 1.29 is 47.7 Å². The van der Waals surface area contributed by atoms with E-state index in [9.17, 15) is 28.8 Å². The van der Waals surface area contributed by atoms with Crippen LogP contribution in [0.4, 0.5) is 0 Å². The number of rotatable bonds is 11. The zero-order valence-corrected chi connectivity index (χ0v) is 22.6. The van der Waals surface area contributed by atoms with Gasteiger partial charge in [-0.2, -0.15) is 0 Å². The number of carbonyl (C=O) groups excluding carboxylic acids is 6. The molecule has 2 fully saturated rings. The summed E-state index contributed by atoms with van der Waals surface area (Å²) in [6, 6.07) is -0.392. The molecule has 0 spiro atoms. The lowest BCUT2D eigenvalue weighted by atomic mass is 9.94. The Morgan fingerprint density at radius 1 is 0.500 bits per heavy atom. The molecule has 214 valence electrons. The first-order chi connectivity index (χ1) is 18.0. The van der Waals surface area contributed by atoms with Crippen molar-refractivity contribution in [1.82, 2.24) is 10.6 Å². The molecule has 2 N–H and O–H groups in total. The van der Waals surface area contributed by atoms with Crippen LogP contribution in [0.15, 0.2) is 0 Å². The number of carbonyl (C=O) groups is 6. The summed E-state index contributed by atoms with van der Waals surface area (Å²) in [4.78, 5) is 75.0. The standard InChI is InChI=1S/C26H40N2O10/c1-15(29)35-21(23(37-17(3)31)25(33)27-19-11-7-5-8-12-19)22(36-16(2)30)24(38-18(4)32)26(34)28-20-13-9-6-10-14-20/h19-24H,5-14H2,1-4H3,(H,27,33)(H,28,34)/t21-,22+,23-,24-/m0/s1. The van der Waals surface area contributed by atoms with Crippen LogP contribution in [0.25, 0.3) is 0 Å². The Balaban J connectivity index is 2.46. The zero-order chi connectivity index (χ0) is 28.2. The van der Waals surface area contributed by atoms with Gasteiger partial charge in [-0.3, -0.25) is 28.8 Å². The van der Waals surface area contributed by atoms with Gasteiger partial charge in [0.25, 0.3) is 11.8 Å². The first-order valence-electron chi connectivity index (χ1n) is 13.3. The lowest BCUT2D eigenvalue weighted by Gasteiger charge is -2.35. The number of esters is 4. The minimum Gasteiger partial charge on any atom is -0.454 e. The van der Waals surface area contributed by atoms with Crippen molar-refractivity contribution in [2.24, 2.45) is 0 Å². The second-order valence-corrected chi connectivity index (χ2v) is 9.90. The molecule has 2 aliphatic rings. The average Bonchev–Trinajstić information content (AvgIpc) is 2.84. The first-order valence-corrected chi connectivity index (χ1v) is 13.3. The molecule has 0 aromatic rings. The van der Waals surface area contributed by atoms with Crippen LogP contribution in [0, 0.1) is 0 Å². The summed E-state index contributed by atoms with van der Waals surface area (Å²) in [6.45, 7) is 4.22. The Bertz CT molecular complexity index is 794. The van der Waals surface area contributed by atoms with Gasteiger partial charge in [-0.1, -0.05) is 38.5 Å². The van der Waals surface area contributed by atoms with E-state index in [2.05, 4.69) is 10.6 Å². The van der Waals surface area contributed by atoms with Crippen LogP contribution in [0.3, 0.4) is 0 Å². The van der Waals surface area contributed by atoms with Crippen LogP contribution in [0.5, 0.6) is 0 Å². The Labute approximate surface area is 222 Å². The predicted molar refractivity (Wildman–Crippen MR) is 132 cm³/mol. The molecule has 12 nitrogen and oxygen atoms in total. The normalized spacial score (nSPS) is 19.6. The molecule has 0 aromatic heterocycles. The third kappa shape index (κ3) is 10.3. The lowest BCUT2D eigenvalue weighted by Crippen LogP contribution is -2.60. The Morgan fingerprint density at radius 3 is 1.05 bits per heavy atom. The third-order valence-corrected chi connectivity index (χ3v) is 6.53. The lowest BCUT2D eigenvalue weighted by molar-refractivity contribution is -0.200. The van der Waals surface area contributed by atoms with E-state index in [1.165, 1.54) is 0 Å². The smallest absolute Gasteiger partial charge is 0.303 e. The molecule has 12 heteroatoms. The number of hydrogen-bond donors (Lipinski definition) is 2. The number of hydrogen-bond acceptors (Lipinski definition) is 10. The molecule has 0 saturated heterocycles. The van der Waals surface area contributed by atoms with E-state index in [-0.39, 0.29) is 12.1 Å². The Morgan fingerprint density at radius 2 is 0.789 bits per heavy atom. The maximum atomic E-state index is 13.4. The SMILES string of the molecule is CC(=O)O[C@H]([C@H](OC(C)=O)[C@H](OC(C)=O)C(=O)NC1CCCCC1)[C@H](OC(C)=O)C(=O)NC1CCCCC1. The molecule has 0 unspecified atom stereocenters. The van der Waals surface area contributed by atoms with E-state index in [0.717, 1.165) is 66.2 Å². The van der Waals surface area contributed by atoms with Crippen LogP contribution in [-0.4, -0.2) is 72.2 Å². The van der Waals surface area contributed by atoms with Gasteiger partial charge in [-0.25, -0.2) is 0 Å². The minimum absolute atomic E-state index is 0.196. The minimum atomic E-state index is -1.79. The molecule has 0 radical (unpaired) electrons. The molecular weight excluding hydrogens is 500 g/mol. The fourth-order valence-corrected chi connectivity index (χ4v) is 4.94. The van der Waals surface area contributed by atoms with Crippen LogP contribution in [-0.2, 0) is 47.7 Å². The number of ether oxygens (including phenoxy) is 4. The van der Waals surface area contributed by atoms with E-state index < -0.39 is 60.1 Å². The summed E-state index contributed by atoms with van der Waals surface area (Å²) in [5.74, 6) is -5.12. The maximum absolute atomic E-state index is 13.4. The van der Waals surface area contributed by atoms with E-state index >= 15 is 0 Å². The largest absolute Gasteiger partial charge is 0.454 e. The van der Waals surface area contributed by atoms with E-state index in [1.54, 1.807) is 0 Å². The molecule has 2 rings (SSSR count). The van der Waals surface area contributed by atoms with Gasteiger partial charge in [-0.15, -0.1) is 0 Å². The summed E-state index contributed by atoms with van der Waals surface area (Å²) in [7, 11) is 0. The quantitative estimate of drug-likeness (QED) is 0.291. The van der Waals surface area contributed by atoms with Crippen LogP contribution in [0.2, 0.25) is 0 Å². The molecule has 2 aliphatic carbocycles. The molecular formula is C26H40N2O10. The highest BCUT2D eigenvalue weighted by Gasteiger charge is 2.49. The van der Waals surface area contributed by atoms with Crippen LogP contribution >= 0.6 is 0 Å². The highest BCUT2D eigenvalue weighted by atomic mass is 16.6. The molecule has 0 bridgehead atoms. The Hall–Kier alpha value is -3.18. The second-order valence-electron chi connectivity index (χ2n) is 9.90. The first kappa shape index (κ1) is 31.0. The van der Waals surface area contributed by atoms with Crippen molar-refractivity contribution in [2.75, 3.05) is 0 Å². The zero-order valence-electron chi connectivity index (χ0n) is 22.6. The van der Waals surface area contributed by atoms with Gasteiger partial charge < -0.3 is 29.6 Å². The molecule has 0 aliphatic heterocycles. The van der Waals surface area contributed by atoms with Gasteiger partial charge in [0, 0.05) is 39.8 Å². The Kier molecular flexibility index (Phi) is 12.5. The van der Waals surface area contributed by atoms with Gasteiger partial charge in [0.1, 0.15) is 0 Å². The summed E-state index contributed by atoms with van der Waals surface area (Å²) in [6.07, 6.45) is 1.38. The van der Waals surface area contributed by atoms with Gasteiger partial charge in [0.15, 0.2) is 12.2 Å². The monoisotopic (exact) mass is 540 g/mol. The number of nitrogens with one attached hydrogen (secondary N) is 2. The van der Waals surface area contributed by atoms with Crippen molar-refractivity contribution in [3.63, 3.8) is 0 Å². The van der Waals surface area contributed by atoms with Gasteiger partial charge in [-0.05, 0) is 25.7 Å². The summed E-state index contributed by atoms with van der Waals surface area (Å²) in [5.41, 5.74) is 0. The fraction of sp³-hybridized carbons (Fsp3) is 0.769. The molecule has 2 amide bonds. The predicted octanol–water partition coefficient (Wildman–Crippen LogP) is 1.61. The van der Waals surface area contributed by atoms with Gasteiger partial charge in [0.05, 0.1) is 0 Å². The molecule has 2 saturated carbocycles. The van der Waals surface area contributed by atoms with E-state index in [4.69, 9.17) is 18.9 Å². The second kappa shape index (κ2) is 15.3. The van der Waals surface area contributed by atoms with Crippen molar-refractivity contribution >= 4 is 35.7 Å². The molecule has 0 aromatic carbocycles. The summed E-state index contributed by atoms with van der Waals surface area (Å²) < 4.78 is 21.3. The summed E-state index contributed by atoms with van der Waals surface area (Å²) in [5, 5.41) is 5.61. The van der Waals surface area contributed by atoms with E-state index in [1.807, 2.05) is 0 Å². The molecule has 38 heavy (non-hydrogen) atoms. The van der Waals surface area contributed by atoms with Crippen LogP contribution in [0.1, 0.15) is 91.9 Å².